The third kappa shape index (κ3) is 2.32. The molecule has 24 heavy (non-hydrogen) atoms. The largest absolute Gasteiger partial charge is 0.291 e. The van der Waals surface area contributed by atoms with E-state index in [0.29, 0.717) is 5.39 Å². The second-order valence-electron chi connectivity index (χ2n) is 5.74. The predicted molar refractivity (Wildman–Crippen MR) is 94.3 cm³/mol. The molecule has 1 aliphatic carbocycles. The zero-order valence-corrected chi connectivity index (χ0v) is 14.2. The molecule has 8 heteroatoms. The normalized spacial score (nSPS) is 13.4. The Hall–Kier alpha value is -2.25. The summed E-state index contributed by atoms with van der Waals surface area (Å²) in [4.78, 5) is 19.3. The zero-order chi connectivity index (χ0) is 16.8. The van der Waals surface area contributed by atoms with Gasteiger partial charge in [0.25, 0.3) is 5.56 Å². The highest BCUT2D eigenvalue weighted by Crippen LogP contribution is 2.34. The maximum atomic E-state index is 12.8. The van der Waals surface area contributed by atoms with Gasteiger partial charge in [0.2, 0.25) is 0 Å². The van der Waals surface area contributed by atoms with E-state index in [4.69, 9.17) is 22.4 Å². The molecule has 0 bridgehead atoms. The van der Waals surface area contributed by atoms with Crippen molar-refractivity contribution in [2.45, 2.75) is 25.8 Å². The summed E-state index contributed by atoms with van der Waals surface area (Å²) in [5.41, 5.74) is 1.05. The molecule has 0 aromatic carbocycles. The van der Waals surface area contributed by atoms with Crippen LogP contribution in [0.25, 0.3) is 10.2 Å². The Kier molecular flexibility index (Phi) is 3.62. The Morgan fingerprint density at radius 2 is 2.25 bits per heavy atom. The fourth-order valence-corrected chi connectivity index (χ4v) is 4.46. The molecule has 0 saturated heterocycles. The Bertz CT molecular complexity index is 1090. The molecule has 3 heterocycles. The molecule has 0 atom stereocenters. The molecule has 1 aliphatic rings. The number of thiophene rings is 1. The number of halogens is 1. The number of aromatic nitrogens is 3. The van der Waals surface area contributed by atoms with Gasteiger partial charge in [-0.1, -0.05) is 11.6 Å². The number of nitrogens with one attached hydrogen (secondary N) is 2. The van der Waals surface area contributed by atoms with Crippen molar-refractivity contribution in [3.05, 3.63) is 56.0 Å². The van der Waals surface area contributed by atoms with E-state index in [0.717, 1.165) is 29.7 Å². The van der Waals surface area contributed by atoms with Crippen LogP contribution in [0.2, 0.25) is 5.02 Å². The zero-order valence-electron chi connectivity index (χ0n) is 12.7. The third-order valence-corrected chi connectivity index (χ3v) is 5.75. The van der Waals surface area contributed by atoms with E-state index in [2.05, 4.69) is 4.98 Å². The SMILES string of the molecule is N=C(Cn1cnc2sc3c(c2c1=O)CCC3)n1cccc(Cl)c1=N. The minimum Gasteiger partial charge on any atom is -0.291 e. The van der Waals surface area contributed by atoms with Gasteiger partial charge in [-0.3, -0.25) is 24.7 Å². The number of hydrogen-bond acceptors (Lipinski definition) is 5. The van der Waals surface area contributed by atoms with Crippen LogP contribution >= 0.6 is 22.9 Å². The average molecular weight is 360 g/mol. The van der Waals surface area contributed by atoms with Gasteiger partial charge >= 0.3 is 0 Å². The van der Waals surface area contributed by atoms with E-state index in [1.165, 1.54) is 20.3 Å². The highest BCUT2D eigenvalue weighted by Gasteiger charge is 2.21. The molecule has 0 fully saturated rings. The molecule has 3 aromatic heterocycles. The van der Waals surface area contributed by atoms with Crippen LogP contribution in [0.15, 0.2) is 29.5 Å². The maximum absolute atomic E-state index is 12.8. The first-order chi connectivity index (χ1) is 11.6. The fourth-order valence-electron chi connectivity index (χ4n) is 3.08. The molecule has 0 saturated carbocycles. The van der Waals surface area contributed by atoms with Gasteiger partial charge in [0.1, 0.15) is 16.2 Å². The molecule has 0 radical (unpaired) electrons. The Labute approximate surface area is 146 Å². The van der Waals surface area contributed by atoms with Gasteiger partial charge in [-0.2, -0.15) is 0 Å². The Balaban J connectivity index is 1.76. The van der Waals surface area contributed by atoms with Crippen molar-refractivity contribution in [2.75, 3.05) is 0 Å². The van der Waals surface area contributed by atoms with Crippen molar-refractivity contribution in [1.29, 1.82) is 10.8 Å². The number of pyridine rings is 1. The summed E-state index contributed by atoms with van der Waals surface area (Å²) in [5, 5.41) is 17.1. The van der Waals surface area contributed by atoms with Crippen LogP contribution < -0.4 is 11.0 Å². The molecule has 3 aromatic rings. The standard InChI is InChI=1S/C16H14ClN5OS/c17-10-4-2-6-22(14(10)19)12(18)7-21-8-20-15-13(16(21)23)9-3-1-5-11(9)24-15/h2,4,6,8,18-19H,1,3,5,7H2. The lowest BCUT2D eigenvalue weighted by Gasteiger charge is -2.11. The highest BCUT2D eigenvalue weighted by molar-refractivity contribution is 7.18. The Morgan fingerprint density at radius 3 is 3.08 bits per heavy atom. The topological polar surface area (TPSA) is 87.5 Å². The lowest BCUT2D eigenvalue weighted by Crippen LogP contribution is -2.33. The lowest BCUT2D eigenvalue weighted by atomic mass is 10.2. The first kappa shape index (κ1) is 15.3. The summed E-state index contributed by atoms with van der Waals surface area (Å²) >= 11 is 7.53. The molecule has 0 unspecified atom stereocenters. The number of fused-ring (bicyclic) bond motifs is 3. The Morgan fingerprint density at radius 1 is 1.42 bits per heavy atom. The number of hydrogen-bond donors (Lipinski definition) is 2. The van der Waals surface area contributed by atoms with E-state index in [1.54, 1.807) is 29.7 Å². The van der Waals surface area contributed by atoms with Gasteiger partial charge in [0.05, 0.1) is 23.3 Å². The van der Waals surface area contributed by atoms with E-state index >= 15 is 0 Å². The molecule has 122 valence electrons. The summed E-state index contributed by atoms with van der Waals surface area (Å²) < 4.78 is 2.79. The molecular weight excluding hydrogens is 346 g/mol. The summed E-state index contributed by atoms with van der Waals surface area (Å²) in [6, 6.07) is 3.27. The van der Waals surface area contributed by atoms with Gasteiger partial charge in [-0.15, -0.1) is 11.3 Å². The molecule has 4 rings (SSSR count). The van der Waals surface area contributed by atoms with E-state index in [-0.39, 0.29) is 28.4 Å². The smallest absolute Gasteiger partial charge is 0.262 e. The van der Waals surface area contributed by atoms with E-state index in [1.807, 2.05) is 0 Å². The molecule has 2 N–H and O–H groups in total. The number of nitrogens with zero attached hydrogens (tertiary/aromatic N) is 3. The average Bonchev–Trinajstić information content (AvgIpc) is 3.13. The fraction of sp³-hybridized carbons (Fsp3) is 0.250. The number of aryl methyl sites for hydroxylation is 2. The molecular formula is C16H14ClN5OS. The van der Waals surface area contributed by atoms with Crippen molar-refractivity contribution in [2.24, 2.45) is 0 Å². The van der Waals surface area contributed by atoms with Crippen molar-refractivity contribution < 1.29 is 0 Å². The maximum Gasteiger partial charge on any atom is 0.262 e. The second kappa shape index (κ2) is 5.68. The predicted octanol–water partition coefficient (Wildman–Crippen LogP) is 2.41. The van der Waals surface area contributed by atoms with Crippen LogP contribution in [-0.2, 0) is 19.4 Å². The van der Waals surface area contributed by atoms with E-state index in [9.17, 15) is 4.79 Å². The van der Waals surface area contributed by atoms with Crippen molar-refractivity contribution in [3.63, 3.8) is 0 Å². The monoisotopic (exact) mass is 359 g/mol. The van der Waals surface area contributed by atoms with Gasteiger partial charge in [0.15, 0.2) is 0 Å². The molecule has 0 aliphatic heterocycles. The van der Waals surface area contributed by atoms with Gasteiger partial charge in [0, 0.05) is 11.1 Å². The minimum absolute atomic E-state index is 0.0303. The van der Waals surface area contributed by atoms with Gasteiger partial charge in [-0.05, 0) is 37.0 Å². The number of rotatable bonds is 2. The van der Waals surface area contributed by atoms with Crippen LogP contribution in [0.1, 0.15) is 16.9 Å². The van der Waals surface area contributed by atoms with Crippen molar-refractivity contribution in [1.82, 2.24) is 14.1 Å². The van der Waals surface area contributed by atoms with Crippen molar-refractivity contribution >= 4 is 39.0 Å². The molecule has 6 nitrogen and oxygen atoms in total. The van der Waals surface area contributed by atoms with Crippen LogP contribution in [0.4, 0.5) is 0 Å². The summed E-state index contributed by atoms with van der Waals surface area (Å²) in [6.45, 7) is 0.0449. The summed E-state index contributed by atoms with van der Waals surface area (Å²) in [6.07, 6.45) is 6.11. The van der Waals surface area contributed by atoms with Crippen molar-refractivity contribution in [3.8, 4) is 0 Å². The van der Waals surface area contributed by atoms with Crippen LogP contribution in [0.3, 0.4) is 0 Å². The van der Waals surface area contributed by atoms with Crippen LogP contribution in [0, 0.1) is 10.8 Å². The van der Waals surface area contributed by atoms with Crippen LogP contribution in [-0.4, -0.2) is 20.0 Å². The second-order valence-corrected chi connectivity index (χ2v) is 7.23. The van der Waals surface area contributed by atoms with Crippen LogP contribution in [0.5, 0.6) is 0 Å². The minimum atomic E-state index is -0.113. The third-order valence-electron chi connectivity index (χ3n) is 4.25. The van der Waals surface area contributed by atoms with Gasteiger partial charge < -0.3 is 0 Å². The highest BCUT2D eigenvalue weighted by atomic mass is 35.5. The molecule has 0 amide bonds. The first-order valence-electron chi connectivity index (χ1n) is 7.55. The molecule has 0 spiro atoms. The first-order valence-corrected chi connectivity index (χ1v) is 8.75. The van der Waals surface area contributed by atoms with Gasteiger partial charge in [-0.25, -0.2) is 4.98 Å². The lowest BCUT2D eigenvalue weighted by molar-refractivity contribution is 0.759. The quantitative estimate of drug-likeness (QED) is 0.543. The summed E-state index contributed by atoms with van der Waals surface area (Å²) in [7, 11) is 0. The summed E-state index contributed by atoms with van der Waals surface area (Å²) in [5.74, 6) is 0.0950. The van der Waals surface area contributed by atoms with E-state index < -0.39 is 0 Å².